The number of carbonyl (C=O) groups is 2. The Morgan fingerprint density at radius 3 is 2.64 bits per heavy atom. The van der Waals surface area contributed by atoms with E-state index in [2.05, 4.69) is 10.2 Å². The summed E-state index contributed by atoms with van der Waals surface area (Å²) >= 11 is 0. The molecule has 1 aromatic carbocycles. The monoisotopic (exact) mass is 340 g/mol. The van der Waals surface area contributed by atoms with E-state index in [1.165, 1.54) is 5.56 Å². The first-order valence-electron chi connectivity index (χ1n) is 8.72. The summed E-state index contributed by atoms with van der Waals surface area (Å²) in [5.41, 5.74) is 2.07. The predicted octanol–water partition coefficient (Wildman–Crippen LogP) is 1.64. The van der Waals surface area contributed by atoms with Crippen LogP contribution >= 0.6 is 0 Å². The Bertz CT molecular complexity index is 699. The number of aromatic amines is 1. The lowest BCUT2D eigenvalue weighted by Crippen LogP contribution is -2.55. The van der Waals surface area contributed by atoms with E-state index in [1.807, 2.05) is 47.1 Å². The standard InChI is InChI=1S/C19H24N4O2/c1-15-14-22(19(25)11-17-12-20-21-13-17)9-10-23(15)18(24)8-7-16-5-3-2-4-6-16/h2-6,12-13,15H,7-11,14H2,1H3,(H,20,21)/t15-/m0/s1. The molecule has 1 fully saturated rings. The number of aryl methyl sites for hydroxylation is 1. The van der Waals surface area contributed by atoms with E-state index < -0.39 is 0 Å². The second-order valence-electron chi connectivity index (χ2n) is 6.54. The number of benzene rings is 1. The van der Waals surface area contributed by atoms with Crippen molar-refractivity contribution in [3.8, 4) is 0 Å². The van der Waals surface area contributed by atoms with Crippen LogP contribution in [0, 0.1) is 0 Å². The zero-order valence-electron chi connectivity index (χ0n) is 14.5. The maximum Gasteiger partial charge on any atom is 0.227 e. The second-order valence-corrected chi connectivity index (χ2v) is 6.54. The molecular formula is C19H24N4O2. The van der Waals surface area contributed by atoms with E-state index in [9.17, 15) is 9.59 Å². The Morgan fingerprint density at radius 2 is 1.96 bits per heavy atom. The molecule has 0 spiro atoms. The summed E-state index contributed by atoms with van der Waals surface area (Å²) in [6, 6.07) is 10.1. The minimum absolute atomic E-state index is 0.0466. The van der Waals surface area contributed by atoms with Crippen molar-refractivity contribution in [2.24, 2.45) is 0 Å². The van der Waals surface area contributed by atoms with Crippen molar-refractivity contribution in [3.05, 3.63) is 53.9 Å². The lowest BCUT2D eigenvalue weighted by atomic mass is 10.1. The van der Waals surface area contributed by atoms with Gasteiger partial charge in [0.25, 0.3) is 0 Å². The average Bonchev–Trinajstić information content (AvgIpc) is 3.13. The second kappa shape index (κ2) is 7.96. The summed E-state index contributed by atoms with van der Waals surface area (Å²) in [5.74, 6) is 0.253. The molecule has 1 aromatic heterocycles. The molecule has 6 nitrogen and oxygen atoms in total. The Hall–Kier alpha value is -2.63. The normalized spacial score (nSPS) is 17.6. The lowest BCUT2D eigenvalue weighted by Gasteiger charge is -2.40. The molecule has 0 radical (unpaired) electrons. The number of aromatic nitrogens is 2. The first kappa shape index (κ1) is 17.2. The molecular weight excluding hydrogens is 316 g/mol. The van der Waals surface area contributed by atoms with Crippen LogP contribution in [-0.4, -0.2) is 57.5 Å². The van der Waals surface area contributed by atoms with Crippen molar-refractivity contribution in [1.29, 1.82) is 0 Å². The first-order chi connectivity index (χ1) is 12.1. The summed E-state index contributed by atoms with van der Waals surface area (Å²) < 4.78 is 0. The fourth-order valence-electron chi connectivity index (χ4n) is 3.25. The third kappa shape index (κ3) is 4.47. The first-order valence-corrected chi connectivity index (χ1v) is 8.72. The van der Waals surface area contributed by atoms with Gasteiger partial charge >= 0.3 is 0 Å². The molecule has 1 N–H and O–H groups in total. The molecule has 2 heterocycles. The van der Waals surface area contributed by atoms with Crippen molar-refractivity contribution in [2.45, 2.75) is 32.2 Å². The van der Waals surface area contributed by atoms with Crippen LogP contribution in [0.4, 0.5) is 0 Å². The summed E-state index contributed by atoms with van der Waals surface area (Å²) in [4.78, 5) is 28.7. The van der Waals surface area contributed by atoms with Gasteiger partial charge in [0.05, 0.1) is 12.6 Å². The van der Waals surface area contributed by atoms with Gasteiger partial charge in [0.2, 0.25) is 11.8 Å². The molecule has 0 saturated carbocycles. The van der Waals surface area contributed by atoms with Crippen LogP contribution in [0.3, 0.4) is 0 Å². The number of nitrogens with one attached hydrogen (secondary N) is 1. The highest BCUT2D eigenvalue weighted by Crippen LogP contribution is 2.14. The van der Waals surface area contributed by atoms with Crippen LogP contribution in [0.15, 0.2) is 42.7 Å². The van der Waals surface area contributed by atoms with E-state index in [0.29, 0.717) is 32.5 Å². The molecule has 2 amide bonds. The smallest absolute Gasteiger partial charge is 0.227 e. The molecule has 3 rings (SSSR count). The zero-order valence-corrected chi connectivity index (χ0v) is 14.5. The SMILES string of the molecule is C[C@H]1CN(C(=O)Cc2cn[nH]c2)CCN1C(=O)CCc1ccccc1. The summed E-state index contributed by atoms with van der Waals surface area (Å²) in [6.07, 6.45) is 5.03. The topological polar surface area (TPSA) is 69.3 Å². The van der Waals surface area contributed by atoms with Crippen molar-refractivity contribution in [2.75, 3.05) is 19.6 Å². The average molecular weight is 340 g/mol. The molecule has 6 heteroatoms. The number of nitrogens with zero attached hydrogens (tertiary/aromatic N) is 3. The molecule has 0 aliphatic carbocycles. The molecule has 132 valence electrons. The minimum atomic E-state index is 0.0466. The Morgan fingerprint density at radius 1 is 1.16 bits per heavy atom. The minimum Gasteiger partial charge on any atom is -0.339 e. The van der Waals surface area contributed by atoms with Crippen LogP contribution in [0.25, 0.3) is 0 Å². The zero-order chi connectivity index (χ0) is 17.6. The Kier molecular flexibility index (Phi) is 5.48. The van der Waals surface area contributed by atoms with Gasteiger partial charge in [-0.15, -0.1) is 0 Å². The number of H-pyrrole nitrogens is 1. The fraction of sp³-hybridized carbons (Fsp3) is 0.421. The van der Waals surface area contributed by atoms with Gasteiger partial charge in [-0.1, -0.05) is 30.3 Å². The number of hydrogen-bond donors (Lipinski definition) is 1. The molecule has 0 bridgehead atoms. The van der Waals surface area contributed by atoms with Gasteiger partial charge in [-0.3, -0.25) is 14.7 Å². The quantitative estimate of drug-likeness (QED) is 0.900. The third-order valence-electron chi connectivity index (χ3n) is 4.68. The van der Waals surface area contributed by atoms with Gasteiger partial charge in [0.15, 0.2) is 0 Å². The predicted molar refractivity (Wildman–Crippen MR) is 94.8 cm³/mol. The van der Waals surface area contributed by atoms with Crippen molar-refractivity contribution in [3.63, 3.8) is 0 Å². The maximum atomic E-state index is 12.5. The highest BCUT2D eigenvalue weighted by Gasteiger charge is 2.29. The molecule has 1 aliphatic rings. The maximum absolute atomic E-state index is 12.5. The number of carbonyl (C=O) groups excluding carboxylic acids is 2. The number of rotatable bonds is 5. The summed E-state index contributed by atoms with van der Waals surface area (Å²) in [6.45, 7) is 3.80. The number of piperazine rings is 1. The van der Waals surface area contributed by atoms with Gasteiger partial charge in [0.1, 0.15) is 0 Å². The molecule has 0 unspecified atom stereocenters. The van der Waals surface area contributed by atoms with Gasteiger partial charge in [-0.25, -0.2) is 0 Å². The van der Waals surface area contributed by atoms with E-state index in [0.717, 1.165) is 12.0 Å². The van der Waals surface area contributed by atoms with Crippen molar-refractivity contribution >= 4 is 11.8 Å². The highest BCUT2D eigenvalue weighted by molar-refractivity contribution is 5.80. The van der Waals surface area contributed by atoms with Gasteiger partial charge < -0.3 is 9.80 Å². The van der Waals surface area contributed by atoms with E-state index >= 15 is 0 Å². The van der Waals surface area contributed by atoms with Crippen LogP contribution in [-0.2, 0) is 22.4 Å². The Labute approximate surface area is 147 Å². The lowest BCUT2D eigenvalue weighted by molar-refractivity contribution is -0.142. The van der Waals surface area contributed by atoms with Crippen LogP contribution in [0.5, 0.6) is 0 Å². The van der Waals surface area contributed by atoms with E-state index in [-0.39, 0.29) is 17.9 Å². The largest absolute Gasteiger partial charge is 0.339 e. The van der Waals surface area contributed by atoms with E-state index in [1.54, 1.807) is 12.4 Å². The Balaban J connectivity index is 1.49. The molecule has 2 aromatic rings. The van der Waals surface area contributed by atoms with E-state index in [4.69, 9.17) is 0 Å². The molecule has 1 saturated heterocycles. The van der Waals surface area contributed by atoms with Gasteiger partial charge in [0, 0.05) is 38.3 Å². The summed E-state index contributed by atoms with van der Waals surface area (Å²) in [5, 5.41) is 6.59. The van der Waals surface area contributed by atoms with Crippen LogP contribution < -0.4 is 0 Å². The number of hydrogen-bond acceptors (Lipinski definition) is 3. The van der Waals surface area contributed by atoms with Crippen LogP contribution in [0.1, 0.15) is 24.5 Å². The van der Waals surface area contributed by atoms with Gasteiger partial charge in [-0.2, -0.15) is 5.10 Å². The third-order valence-corrected chi connectivity index (χ3v) is 4.68. The number of amides is 2. The van der Waals surface area contributed by atoms with Crippen LogP contribution in [0.2, 0.25) is 0 Å². The highest BCUT2D eigenvalue weighted by atomic mass is 16.2. The molecule has 1 atom stereocenters. The van der Waals surface area contributed by atoms with Crippen molar-refractivity contribution < 1.29 is 9.59 Å². The fourth-order valence-corrected chi connectivity index (χ4v) is 3.25. The summed E-state index contributed by atoms with van der Waals surface area (Å²) in [7, 11) is 0. The molecule has 25 heavy (non-hydrogen) atoms. The molecule has 1 aliphatic heterocycles. The van der Waals surface area contributed by atoms with Gasteiger partial charge in [-0.05, 0) is 24.5 Å². The van der Waals surface area contributed by atoms with Crippen molar-refractivity contribution in [1.82, 2.24) is 20.0 Å².